The van der Waals surface area contributed by atoms with E-state index in [0.29, 0.717) is 25.9 Å². The zero-order chi connectivity index (χ0) is 14.2. The number of nitrogens with two attached hydrogens (primary N) is 1. The van der Waals surface area contributed by atoms with Gasteiger partial charge in [-0.3, -0.25) is 0 Å². The van der Waals surface area contributed by atoms with Gasteiger partial charge in [0.25, 0.3) is 0 Å². The lowest BCUT2D eigenvalue weighted by atomic mass is 10.3. The van der Waals surface area contributed by atoms with Crippen molar-refractivity contribution in [3.63, 3.8) is 0 Å². The van der Waals surface area contributed by atoms with Crippen molar-refractivity contribution in [2.45, 2.75) is 38.8 Å². The van der Waals surface area contributed by atoms with Crippen LogP contribution in [0.25, 0.3) is 0 Å². The molecule has 18 heavy (non-hydrogen) atoms. The Kier molecular flexibility index (Phi) is 7.81. The van der Waals surface area contributed by atoms with E-state index in [1.165, 1.54) is 4.31 Å². The second kappa shape index (κ2) is 7.96. The molecule has 0 unspecified atom stereocenters. The van der Waals surface area contributed by atoms with Gasteiger partial charge in [0.05, 0.1) is 5.75 Å². The van der Waals surface area contributed by atoms with Gasteiger partial charge in [-0.25, -0.2) is 12.7 Å². The lowest BCUT2D eigenvalue weighted by molar-refractivity contribution is -0.134. The molecule has 110 valence electrons. The van der Waals surface area contributed by atoms with Crippen LogP contribution < -0.4 is 5.73 Å². The topological polar surface area (TPSA) is 63.4 Å². The molecule has 0 fully saturated rings. The fourth-order valence-electron chi connectivity index (χ4n) is 1.49. The van der Waals surface area contributed by atoms with Gasteiger partial charge in [0.2, 0.25) is 10.0 Å². The molecule has 0 atom stereocenters. The zero-order valence-electron chi connectivity index (χ0n) is 10.5. The van der Waals surface area contributed by atoms with E-state index in [2.05, 4.69) is 0 Å². The predicted octanol–water partition coefficient (Wildman–Crippen LogP) is 1.72. The van der Waals surface area contributed by atoms with Crippen LogP contribution in [0.1, 0.15) is 32.6 Å². The number of halogens is 3. The van der Waals surface area contributed by atoms with E-state index in [1.807, 2.05) is 6.92 Å². The van der Waals surface area contributed by atoms with Crippen LogP contribution in [0.3, 0.4) is 0 Å². The van der Waals surface area contributed by atoms with Crippen molar-refractivity contribution in [3.8, 4) is 0 Å². The molecule has 0 spiro atoms. The van der Waals surface area contributed by atoms with E-state index >= 15 is 0 Å². The SMILES string of the molecule is CCCN(CCCN)S(=O)(=O)CCCC(F)(F)F. The first-order valence-corrected chi connectivity index (χ1v) is 7.58. The Morgan fingerprint density at radius 3 is 2.22 bits per heavy atom. The average Bonchev–Trinajstić information content (AvgIpc) is 2.21. The maximum atomic E-state index is 12.0. The van der Waals surface area contributed by atoms with E-state index in [0.717, 1.165) is 0 Å². The molecule has 0 aromatic rings. The van der Waals surface area contributed by atoms with Crippen LogP contribution in [0, 0.1) is 0 Å². The second-order valence-corrected chi connectivity index (χ2v) is 6.16. The quantitative estimate of drug-likeness (QED) is 0.703. The molecule has 0 heterocycles. The van der Waals surface area contributed by atoms with Crippen molar-refractivity contribution < 1.29 is 21.6 Å². The van der Waals surface area contributed by atoms with E-state index in [9.17, 15) is 21.6 Å². The summed E-state index contributed by atoms with van der Waals surface area (Å²) >= 11 is 0. The van der Waals surface area contributed by atoms with Crippen molar-refractivity contribution in [2.24, 2.45) is 5.73 Å². The van der Waals surface area contributed by atoms with Gasteiger partial charge in [-0.15, -0.1) is 0 Å². The number of alkyl halides is 3. The van der Waals surface area contributed by atoms with Crippen LogP contribution >= 0.6 is 0 Å². The van der Waals surface area contributed by atoms with Crippen molar-refractivity contribution in [1.29, 1.82) is 0 Å². The Morgan fingerprint density at radius 2 is 1.78 bits per heavy atom. The molecule has 0 saturated heterocycles. The molecule has 0 radical (unpaired) electrons. The molecule has 0 aliphatic carbocycles. The van der Waals surface area contributed by atoms with Crippen LogP contribution in [-0.2, 0) is 10.0 Å². The third-order valence-electron chi connectivity index (χ3n) is 2.34. The van der Waals surface area contributed by atoms with Gasteiger partial charge in [0.15, 0.2) is 0 Å². The summed E-state index contributed by atoms with van der Waals surface area (Å²) in [4.78, 5) is 0. The van der Waals surface area contributed by atoms with Crippen molar-refractivity contribution in [1.82, 2.24) is 4.31 Å². The lowest BCUT2D eigenvalue weighted by Gasteiger charge is -2.21. The molecule has 4 nitrogen and oxygen atoms in total. The number of hydrogen-bond donors (Lipinski definition) is 1. The number of rotatable bonds is 9. The van der Waals surface area contributed by atoms with E-state index < -0.39 is 34.8 Å². The Hall–Kier alpha value is -0.340. The molecule has 8 heteroatoms. The third kappa shape index (κ3) is 7.88. The minimum atomic E-state index is -4.30. The summed E-state index contributed by atoms with van der Waals surface area (Å²) in [6.45, 7) is 2.78. The molecule has 0 aliphatic rings. The molecule has 0 bridgehead atoms. The largest absolute Gasteiger partial charge is 0.389 e. The molecule has 0 aromatic carbocycles. The molecule has 0 amide bonds. The van der Waals surface area contributed by atoms with E-state index in [1.54, 1.807) is 0 Å². The van der Waals surface area contributed by atoms with Gasteiger partial charge < -0.3 is 5.73 Å². The minimum Gasteiger partial charge on any atom is -0.330 e. The summed E-state index contributed by atoms with van der Waals surface area (Å²) in [6.07, 6.45) is -4.62. The minimum absolute atomic E-state index is 0.276. The first-order chi connectivity index (χ1) is 8.23. The molecule has 0 rings (SSSR count). The summed E-state index contributed by atoms with van der Waals surface area (Å²) in [5.41, 5.74) is 5.30. The van der Waals surface area contributed by atoms with Gasteiger partial charge in [0.1, 0.15) is 0 Å². The van der Waals surface area contributed by atoms with Gasteiger partial charge in [-0.05, 0) is 25.8 Å². The Balaban J connectivity index is 4.36. The van der Waals surface area contributed by atoms with E-state index in [-0.39, 0.29) is 6.54 Å². The smallest absolute Gasteiger partial charge is 0.330 e. The Morgan fingerprint density at radius 1 is 1.17 bits per heavy atom. The third-order valence-corrected chi connectivity index (χ3v) is 4.30. The molecule has 0 saturated carbocycles. The fraction of sp³-hybridized carbons (Fsp3) is 1.00. The summed E-state index contributed by atoms with van der Waals surface area (Å²) in [5, 5.41) is 0. The maximum absolute atomic E-state index is 12.0. The van der Waals surface area contributed by atoms with Crippen LogP contribution in [0.15, 0.2) is 0 Å². The fourth-order valence-corrected chi connectivity index (χ4v) is 3.13. The highest BCUT2D eigenvalue weighted by molar-refractivity contribution is 7.89. The van der Waals surface area contributed by atoms with Crippen molar-refractivity contribution in [3.05, 3.63) is 0 Å². The standard InChI is InChI=1S/C10H21F3N2O2S/c1-2-7-15(8-4-6-14)18(16,17)9-3-5-10(11,12)13/h2-9,14H2,1H3. The first kappa shape index (κ1) is 17.7. The van der Waals surface area contributed by atoms with Gasteiger partial charge in [-0.1, -0.05) is 6.92 Å². The lowest BCUT2D eigenvalue weighted by Crippen LogP contribution is -2.35. The van der Waals surface area contributed by atoms with Crippen molar-refractivity contribution in [2.75, 3.05) is 25.4 Å². The number of hydrogen-bond acceptors (Lipinski definition) is 3. The average molecular weight is 290 g/mol. The highest BCUT2D eigenvalue weighted by Crippen LogP contribution is 2.22. The molecular weight excluding hydrogens is 269 g/mol. The summed E-state index contributed by atoms with van der Waals surface area (Å²) in [7, 11) is -3.60. The van der Waals surface area contributed by atoms with Crippen LogP contribution in [0.2, 0.25) is 0 Å². The summed E-state index contributed by atoms with van der Waals surface area (Å²) < 4.78 is 60.8. The molecular formula is C10H21F3N2O2S. The Labute approximate surface area is 106 Å². The van der Waals surface area contributed by atoms with Crippen LogP contribution in [-0.4, -0.2) is 44.3 Å². The van der Waals surface area contributed by atoms with Gasteiger partial charge in [-0.2, -0.15) is 13.2 Å². The monoisotopic (exact) mass is 290 g/mol. The highest BCUT2D eigenvalue weighted by atomic mass is 32.2. The van der Waals surface area contributed by atoms with Crippen molar-refractivity contribution >= 4 is 10.0 Å². The van der Waals surface area contributed by atoms with E-state index in [4.69, 9.17) is 5.73 Å². The van der Waals surface area contributed by atoms with Gasteiger partial charge in [0, 0.05) is 19.5 Å². The second-order valence-electron chi connectivity index (χ2n) is 4.08. The highest BCUT2D eigenvalue weighted by Gasteiger charge is 2.28. The van der Waals surface area contributed by atoms with Crippen LogP contribution in [0.4, 0.5) is 13.2 Å². The maximum Gasteiger partial charge on any atom is 0.389 e. The predicted molar refractivity (Wildman–Crippen MR) is 64.6 cm³/mol. The van der Waals surface area contributed by atoms with Gasteiger partial charge >= 0.3 is 6.18 Å². The van der Waals surface area contributed by atoms with Crippen LogP contribution in [0.5, 0.6) is 0 Å². The first-order valence-electron chi connectivity index (χ1n) is 5.97. The number of sulfonamides is 1. The number of nitrogens with zero attached hydrogens (tertiary/aromatic N) is 1. The summed E-state index contributed by atoms with van der Waals surface area (Å²) in [6, 6.07) is 0. The molecule has 0 aromatic heterocycles. The normalized spacial score (nSPS) is 13.2. The Bertz CT molecular complexity index is 318. The zero-order valence-corrected chi connectivity index (χ0v) is 11.4. The summed E-state index contributed by atoms with van der Waals surface area (Å²) in [5.74, 6) is -0.461. The molecule has 2 N–H and O–H groups in total. The molecule has 0 aliphatic heterocycles.